The van der Waals surface area contributed by atoms with Gasteiger partial charge < -0.3 is 19.3 Å². The highest BCUT2D eigenvalue weighted by molar-refractivity contribution is 5.89. The molecule has 0 saturated heterocycles. The standard InChI is InChI=1S/C15H17N3O5/c1-9(2)16-13(19)14-17-12(18-23-14)8-22-11-6-4-10(5-7-11)15(20)21-3/h4-7,9H,8H2,1-3H3,(H,16,19). The Morgan fingerprint density at radius 3 is 2.57 bits per heavy atom. The normalized spacial score (nSPS) is 10.4. The zero-order chi connectivity index (χ0) is 16.8. The molecule has 0 radical (unpaired) electrons. The Labute approximate surface area is 132 Å². The molecule has 2 rings (SSSR count). The highest BCUT2D eigenvalue weighted by Gasteiger charge is 2.16. The predicted octanol–water partition coefficient (Wildman–Crippen LogP) is 1.57. The zero-order valence-corrected chi connectivity index (χ0v) is 13.0. The molecule has 0 fully saturated rings. The fraction of sp³-hybridized carbons (Fsp3) is 0.333. The van der Waals surface area contributed by atoms with E-state index in [2.05, 4.69) is 20.2 Å². The van der Waals surface area contributed by atoms with Crippen molar-refractivity contribution in [1.29, 1.82) is 0 Å². The first-order chi connectivity index (χ1) is 11.0. The molecule has 122 valence electrons. The average molecular weight is 319 g/mol. The van der Waals surface area contributed by atoms with Crippen LogP contribution < -0.4 is 10.1 Å². The second-order valence-electron chi connectivity index (χ2n) is 4.95. The number of carbonyl (C=O) groups excluding carboxylic acids is 2. The van der Waals surface area contributed by atoms with Gasteiger partial charge in [-0.2, -0.15) is 4.98 Å². The highest BCUT2D eigenvalue weighted by Crippen LogP contribution is 2.14. The van der Waals surface area contributed by atoms with E-state index in [1.165, 1.54) is 7.11 Å². The van der Waals surface area contributed by atoms with Crippen LogP contribution in [0.3, 0.4) is 0 Å². The Balaban J connectivity index is 1.92. The van der Waals surface area contributed by atoms with E-state index < -0.39 is 11.9 Å². The van der Waals surface area contributed by atoms with Crippen LogP contribution in [0.15, 0.2) is 28.8 Å². The third kappa shape index (κ3) is 4.53. The lowest BCUT2D eigenvalue weighted by molar-refractivity contribution is 0.0600. The number of carbonyl (C=O) groups is 2. The van der Waals surface area contributed by atoms with Crippen LogP contribution in [0.5, 0.6) is 5.75 Å². The molecule has 0 saturated carbocycles. The lowest BCUT2D eigenvalue weighted by atomic mass is 10.2. The topological polar surface area (TPSA) is 104 Å². The molecule has 1 aromatic carbocycles. The van der Waals surface area contributed by atoms with Gasteiger partial charge in [0.25, 0.3) is 0 Å². The molecule has 8 nitrogen and oxygen atoms in total. The summed E-state index contributed by atoms with van der Waals surface area (Å²) >= 11 is 0. The molecule has 1 N–H and O–H groups in total. The Morgan fingerprint density at radius 2 is 1.96 bits per heavy atom. The van der Waals surface area contributed by atoms with E-state index in [9.17, 15) is 9.59 Å². The predicted molar refractivity (Wildman–Crippen MR) is 79.0 cm³/mol. The van der Waals surface area contributed by atoms with Gasteiger partial charge >= 0.3 is 17.8 Å². The van der Waals surface area contributed by atoms with E-state index in [0.717, 1.165) is 0 Å². The molecule has 0 aliphatic heterocycles. The first kappa shape index (κ1) is 16.5. The van der Waals surface area contributed by atoms with Crippen molar-refractivity contribution in [1.82, 2.24) is 15.5 Å². The summed E-state index contributed by atoms with van der Waals surface area (Å²) in [5.41, 5.74) is 0.423. The van der Waals surface area contributed by atoms with Gasteiger partial charge in [-0.25, -0.2) is 4.79 Å². The van der Waals surface area contributed by atoms with Crippen LogP contribution in [0.2, 0.25) is 0 Å². The third-order valence-electron chi connectivity index (χ3n) is 2.73. The van der Waals surface area contributed by atoms with Crippen molar-refractivity contribution in [3.05, 3.63) is 41.5 Å². The maximum absolute atomic E-state index is 11.7. The summed E-state index contributed by atoms with van der Waals surface area (Å²) in [5.74, 6) is -0.193. The quantitative estimate of drug-likeness (QED) is 0.806. The molecule has 8 heteroatoms. The molecular formula is C15H17N3O5. The number of methoxy groups -OCH3 is 1. The highest BCUT2D eigenvalue weighted by atomic mass is 16.5. The second-order valence-corrected chi connectivity index (χ2v) is 4.95. The molecule has 2 aromatic rings. The van der Waals surface area contributed by atoms with E-state index in [4.69, 9.17) is 9.26 Å². The summed E-state index contributed by atoms with van der Waals surface area (Å²) < 4.78 is 14.9. The smallest absolute Gasteiger partial charge is 0.337 e. The van der Waals surface area contributed by atoms with Crippen molar-refractivity contribution >= 4 is 11.9 Å². The number of aromatic nitrogens is 2. The molecule has 1 heterocycles. The second kappa shape index (κ2) is 7.39. The van der Waals surface area contributed by atoms with Crippen molar-refractivity contribution in [2.45, 2.75) is 26.5 Å². The molecule has 0 spiro atoms. The number of amides is 1. The number of ether oxygens (including phenoxy) is 2. The van der Waals surface area contributed by atoms with Crippen molar-refractivity contribution in [3.63, 3.8) is 0 Å². The summed E-state index contributed by atoms with van der Waals surface area (Å²) in [5, 5.41) is 6.32. The van der Waals surface area contributed by atoms with Gasteiger partial charge in [0.2, 0.25) is 5.82 Å². The largest absolute Gasteiger partial charge is 0.485 e. The van der Waals surface area contributed by atoms with E-state index >= 15 is 0 Å². The lowest BCUT2D eigenvalue weighted by Gasteiger charge is -2.04. The summed E-state index contributed by atoms with van der Waals surface area (Å²) in [6.45, 7) is 3.70. The average Bonchev–Trinajstić information content (AvgIpc) is 3.01. The Hall–Kier alpha value is -2.90. The lowest BCUT2D eigenvalue weighted by Crippen LogP contribution is -2.30. The Kier molecular flexibility index (Phi) is 5.29. The minimum Gasteiger partial charge on any atom is -0.485 e. The van der Waals surface area contributed by atoms with Crippen LogP contribution >= 0.6 is 0 Å². The van der Waals surface area contributed by atoms with Crippen LogP contribution in [-0.4, -0.2) is 35.2 Å². The van der Waals surface area contributed by atoms with Crippen LogP contribution in [0, 0.1) is 0 Å². The van der Waals surface area contributed by atoms with Gasteiger partial charge in [0.05, 0.1) is 12.7 Å². The van der Waals surface area contributed by atoms with Gasteiger partial charge in [0.15, 0.2) is 6.61 Å². The molecule has 1 aromatic heterocycles. The number of hydrogen-bond acceptors (Lipinski definition) is 7. The molecule has 0 unspecified atom stereocenters. The van der Waals surface area contributed by atoms with E-state index in [0.29, 0.717) is 11.3 Å². The summed E-state index contributed by atoms with van der Waals surface area (Å²) in [6, 6.07) is 6.39. The Morgan fingerprint density at radius 1 is 1.26 bits per heavy atom. The SMILES string of the molecule is COC(=O)c1ccc(OCc2noc(C(=O)NC(C)C)n2)cc1. The maximum Gasteiger partial charge on any atom is 0.337 e. The van der Waals surface area contributed by atoms with Crippen molar-refractivity contribution < 1.29 is 23.6 Å². The van der Waals surface area contributed by atoms with Crippen LogP contribution in [0.1, 0.15) is 40.7 Å². The molecule has 0 aliphatic carbocycles. The first-order valence-corrected chi connectivity index (χ1v) is 6.94. The van der Waals surface area contributed by atoms with Crippen molar-refractivity contribution in [2.75, 3.05) is 7.11 Å². The van der Waals surface area contributed by atoms with Crippen LogP contribution in [0.25, 0.3) is 0 Å². The van der Waals surface area contributed by atoms with Crippen LogP contribution in [-0.2, 0) is 11.3 Å². The molecule has 0 aliphatic rings. The van der Waals surface area contributed by atoms with Gasteiger partial charge in [0, 0.05) is 6.04 Å². The van der Waals surface area contributed by atoms with Gasteiger partial charge in [-0.1, -0.05) is 5.16 Å². The first-order valence-electron chi connectivity index (χ1n) is 6.94. The zero-order valence-electron chi connectivity index (χ0n) is 13.0. The van der Waals surface area contributed by atoms with E-state index in [1.54, 1.807) is 24.3 Å². The summed E-state index contributed by atoms with van der Waals surface area (Å²) in [7, 11) is 1.32. The van der Waals surface area contributed by atoms with Crippen LogP contribution in [0.4, 0.5) is 0 Å². The number of rotatable bonds is 6. The van der Waals surface area contributed by atoms with E-state index in [-0.39, 0.29) is 24.4 Å². The fourth-order valence-electron chi connectivity index (χ4n) is 1.68. The molecular weight excluding hydrogens is 302 g/mol. The number of hydrogen-bond donors (Lipinski definition) is 1. The number of benzene rings is 1. The number of esters is 1. The van der Waals surface area contributed by atoms with Crippen molar-refractivity contribution in [2.24, 2.45) is 0 Å². The minimum atomic E-state index is -0.429. The number of nitrogens with zero attached hydrogens (tertiary/aromatic N) is 2. The molecule has 0 atom stereocenters. The molecule has 0 bridgehead atoms. The van der Waals surface area contributed by atoms with Crippen molar-refractivity contribution in [3.8, 4) is 5.75 Å². The van der Waals surface area contributed by atoms with Gasteiger partial charge in [-0.15, -0.1) is 0 Å². The molecule has 23 heavy (non-hydrogen) atoms. The number of nitrogens with one attached hydrogen (secondary N) is 1. The Bertz CT molecular complexity index is 679. The maximum atomic E-state index is 11.7. The van der Waals surface area contributed by atoms with Gasteiger partial charge in [-0.05, 0) is 38.1 Å². The fourth-order valence-corrected chi connectivity index (χ4v) is 1.68. The van der Waals surface area contributed by atoms with Gasteiger partial charge in [-0.3, -0.25) is 4.79 Å². The summed E-state index contributed by atoms with van der Waals surface area (Å²) in [6.07, 6.45) is 0. The monoisotopic (exact) mass is 319 g/mol. The summed E-state index contributed by atoms with van der Waals surface area (Å²) in [4.78, 5) is 26.9. The minimum absolute atomic E-state index is 0.0255. The third-order valence-corrected chi connectivity index (χ3v) is 2.73. The van der Waals surface area contributed by atoms with Gasteiger partial charge in [0.1, 0.15) is 5.75 Å². The van der Waals surface area contributed by atoms with E-state index in [1.807, 2.05) is 13.8 Å². The molecule has 1 amide bonds.